The number of nitrogens with zero attached hydrogens (tertiary/aromatic N) is 2. The number of aliphatic carboxylic acids is 1. The number of hydrazone groups is 1. The number of alkyl halides is 3. The number of carboxylic acids is 1. The fourth-order valence-electron chi connectivity index (χ4n) is 2.89. The van der Waals surface area contributed by atoms with Crippen LogP contribution in [0.5, 0.6) is 0 Å². The zero-order valence-corrected chi connectivity index (χ0v) is 15.9. The first kappa shape index (κ1) is 21.4. The molecule has 2 aromatic carbocycles. The lowest BCUT2D eigenvalue weighted by Gasteiger charge is -2.26. The van der Waals surface area contributed by atoms with Crippen LogP contribution in [0.1, 0.15) is 11.1 Å². The molecule has 1 fully saturated rings. The molecule has 0 unspecified atom stereocenters. The van der Waals surface area contributed by atoms with Crippen LogP contribution in [0.2, 0.25) is 0 Å². The van der Waals surface area contributed by atoms with Crippen LogP contribution in [0.3, 0.4) is 0 Å². The Morgan fingerprint density at radius 1 is 1.10 bits per heavy atom. The quantitative estimate of drug-likeness (QED) is 0.548. The van der Waals surface area contributed by atoms with Gasteiger partial charge in [-0.1, -0.05) is 36.4 Å². The predicted molar refractivity (Wildman–Crippen MR) is 107 cm³/mol. The van der Waals surface area contributed by atoms with Crippen molar-refractivity contribution in [2.45, 2.75) is 6.18 Å². The number of hydrogen-bond acceptors (Lipinski definition) is 5. The summed E-state index contributed by atoms with van der Waals surface area (Å²) in [4.78, 5) is 13.9. The van der Waals surface area contributed by atoms with E-state index in [2.05, 4.69) is 10.5 Å². The van der Waals surface area contributed by atoms with Crippen LogP contribution < -0.4 is 5.43 Å². The second-order valence-corrected chi connectivity index (χ2v) is 6.51. The Hall–Kier alpha value is -3.33. The van der Waals surface area contributed by atoms with Gasteiger partial charge < -0.3 is 14.7 Å². The van der Waals surface area contributed by atoms with Crippen molar-refractivity contribution in [1.29, 1.82) is 0 Å². The van der Waals surface area contributed by atoms with Crippen molar-refractivity contribution in [2.24, 2.45) is 5.10 Å². The zero-order chi connectivity index (χ0) is 21.6. The van der Waals surface area contributed by atoms with Crippen LogP contribution in [0.15, 0.2) is 65.9 Å². The van der Waals surface area contributed by atoms with E-state index < -0.39 is 17.7 Å². The summed E-state index contributed by atoms with van der Waals surface area (Å²) in [6.07, 6.45) is -2.82. The van der Waals surface area contributed by atoms with Gasteiger partial charge in [-0.3, -0.25) is 5.43 Å². The van der Waals surface area contributed by atoms with Crippen LogP contribution in [0, 0.1) is 0 Å². The van der Waals surface area contributed by atoms with Crippen molar-refractivity contribution in [2.75, 3.05) is 31.7 Å². The largest absolute Gasteiger partial charge is 0.476 e. The Labute approximate surface area is 171 Å². The zero-order valence-electron chi connectivity index (χ0n) is 15.9. The molecule has 0 amide bonds. The first-order chi connectivity index (χ1) is 14.3. The number of rotatable bonds is 6. The molecule has 0 spiro atoms. The summed E-state index contributed by atoms with van der Waals surface area (Å²) in [5, 5.41) is 13.7. The topological polar surface area (TPSA) is 74.2 Å². The van der Waals surface area contributed by atoms with E-state index in [0.717, 1.165) is 12.1 Å². The Morgan fingerprint density at radius 3 is 2.43 bits per heavy atom. The third kappa shape index (κ3) is 5.60. The Morgan fingerprint density at radius 2 is 1.80 bits per heavy atom. The lowest BCUT2D eigenvalue weighted by Crippen LogP contribution is -2.33. The molecule has 0 aliphatic carbocycles. The van der Waals surface area contributed by atoms with Crippen LogP contribution in [-0.4, -0.2) is 48.0 Å². The molecule has 2 aromatic rings. The number of benzene rings is 2. The standard InChI is InChI=1S/C21H20F3N3O3/c22-21(23,24)16-7-4-8-17(13-16)25-26-19(20(28)29)18(15-5-2-1-3-6-15)14-27-9-11-30-12-10-27/h1-8,13-14,25H,9-12H2,(H,28,29)/b18-14+,26-19-. The number of anilines is 1. The first-order valence-electron chi connectivity index (χ1n) is 9.18. The molecule has 0 radical (unpaired) electrons. The lowest BCUT2D eigenvalue weighted by molar-refractivity contribution is -0.137. The van der Waals surface area contributed by atoms with Crippen molar-refractivity contribution in [3.8, 4) is 0 Å². The summed E-state index contributed by atoms with van der Waals surface area (Å²) < 4.78 is 44.1. The van der Waals surface area contributed by atoms with Gasteiger partial charge in [-0.15, -0.1) is 0 Å². The fraction of sp³-hybridized carbons (Fsp3) is 0.238. The number of morpholine rings is 1. The van der Waals surface area contributed by atoms with Crippen molar-refractivity contribution < 1.29 is 27.8 Å². The van der Waals surface area contributed by atoms with Gasteiger partial charge in [0.1, 0.15) is 0 Å². The molecule has 9 heteroatoms. The van der Waals surface area contributed by atoms with E-state index in [1.165, 1.54) is 12.1 Å². The number of hydrogen-bond donors (Lipinski definition) is 2. The minimum atomic E-state index is -4.51. The molecule has 0 bridgehead atoms. The Kier molecular flexibility index (Phi) is 6.73. The van der Waals surface area contributed by atoms with Gasteiger partial charge in [0.25, 0.3) is 0 Å². The molecule has 30 heavy (non-hydrogen) atoms. The average Bonchev–Trinajstić information content (AvgIpc) is 2.74. The molecule has 1 saturated heterocycles. The Balaban J connectivity index is 1.96. The molecule has 0 saturated carbocycles. The van der Waals surface area contributed by atoms with E-state index in [9.17, 15) is 23.1 Å². The molecule has 1 aliphatic heterocycles. The molecule has 1 heterocycles. The SMILES string of the molecule is O=C(O)C(=N\Nc1cccc(C(F)(F)F)c1)/C(=C/N1CCOCC1)c1ccccc1. The molecular formula is C21H20F3N3O3. The Bertz CT molecular complexity index is 937. The van der Waals surface area contributed by atoms with E-state index >= 15 is 0 Å². The summed E-state index contributed by atoms with van der Waals surface area (Å²) in [6.45, 7) is 2.20. The third-order valence-corrected chi connectivity index (χ3v) is 4.39. The molecule has 6 nitrogen and oxygen atoms in total. The summed E-state index contributed by atoms with van der Waals surface area (Å²) in [6, 6.07) is 13.2. The maximum Gasteiger partial charge on any atom is 0.416 e. The van der Waals surface area contributed by atoms with E-state index in [0.29, 0.717) is 37.4 Å². The molecular weight excluding hydrogens is 399 g/mol. The number of carbonyl (C=O) groups is 1. The summed E-state index contributed by atoms with van der Waals surface area (Å²) in [5.74, 6) is -1.31. The van der Waals surface area contributed by atoms with E-state index in [-0.39, 0.29) is 11.4 Å². The minimum absolute atomic E-state index is 0.0300. The molecule has 0 aromatic heterocycles. The van der Waals surface area contributed by atoms with Gasteiger partial charge in [0.2, 0.25) is 0 Å². The van der Waals surface area contributed by atoms with Crippen molar-refractivity contribution >= 4 is 22.9 Å². The lowest BCUT2D eigenvalue weighted by atomic mass is 10.0. The maximum atomic E-state index is 12.9. The molecule has 3 rings (SSSR count). The van der Waals surface area contributed by atoms with Crippen molar-refractivity contribution in [1.82, 2.24) is 4.90 Å². The summed E-state index contributed by atoms with van der Waals surface area (Å²) in [5.41, 5.74) is 2.27. The predicted octanol–water partition coefficient (Wildman–Crippen LogP) is 3.93. The van der Waals surface area contributed by atoms with Crippen molar-refractivity contribution in [3.63, 3.8) is 0 Å². The molecule has 0 atom stereocenters. The molecule has 2 N–H and O–H groups in total. The third-order valence-electron chi connectivity index (χ3n) is 4.39. The van der Waals surface area contributed by atoms with Crippen molar-refractivity contribution in [3.05, 3.63) is 71.9 Å². The van der Waals surface area contributed by atoms with Gasteiger partial charge in [0.05, 0.1) is 24.5 Å². The van der Waals surface area contributed by atoms with E-state index in [1.54, 1.807) is 36.5 Å². The van der Waals surface area contributed by atoms with Gasteiger partial charge in [0, 0.05) is 24.9 Å². The first-order valence-corrected chi connectivity index (χ1v) is 9.18. The number of carboxylic acid groups (broad SMARTS) is 1. The minimum Gasteiger partial charge on any atom is -0.476 e. The van der Waals surface area contributed by atoms with Gasteiger partial charge >= 0.3 is 12.1 Å². The van der Waals surface area contributed by atoms with Crippen LogP contribution >= 0.6 is 0 Å². The van der Waals surface area contributed by atoms with E-state index in [4.69, 9.17) is 4.74 Å². The monoisotopic (exact) mass is 419 g/mol. The highest BCUT2D eigenvalue weighted by molar-refractivity contribution is 6.53. The highest BCUT2D eigenvalue weighted by Crippen LogP contribution is 2.30. The number of nitrogens with one attached hydrogen (secondary N) is 1. The van der Waals surface area contributed by atoms with Crippen LogP contribution in [0.4, 0.5) is 18.9 Å². The number of halogens is 3. The molecule has 158 valence electrons. The average molecular weight is 419 g/mol. The fourth-order valence-corrected chi connectivity index (χ4v) is 2.89. The van der Waals surface area contributed by atoms with Crippen LogP contribution in [-0.2, 0) is 15.7 Å². The van der Waals surface area contributed by atoms with Gasteiger partial charge in [0.15, 0.2) is 5.71 Å². The second kappa shape index (κ2) is 9.45. The second-order valence-electron chi connectivity index (χ2n) is 6.51. The van der Waals surface area contributed by atoms with Crippen LogP contribution in [0.25, 0.3) is 5.57 Å². The number of ether oxygens (including phenoxy) is 1. The summed E-state index contributed by atoms with van der Waals surface area (Å²) >= 11 is 0. The maximum absolute atomic E-state index is 12.9. The highest BCUT2D eigenvalue weighted by Gasteiger charge is 2.30. The highest BCUT2D eigenvalue weighted by atomic mass is 19.4. The van der Waals surface area contributed by atoms with E-state index in [1.807, 2.05) is 4.90 Å². The summed E-state index contributed by atoms with van der Waals surface area (Å²) in [7, 11) is 0. The normalized spacial score (nSPS) is 15.8. The van der Waals surface area contributed by atoms with Gasteiger partial charge in [-0.2, -0.15) is 18.3 Å². The smallest absolute Gasteiger partial charge is 0.416 e. The van der Waals surface area contributed by atoms with Gasteiger partial charge in [-0.05, 0) is 23.8 Å². The van der Waals surface area contributed by atoms with Gasteiger partial charge in [-0.25, -0.2) is 4.79 Å². The molecule has 1 aliphatic rings.